The molecule has 134 valence electrons. The standard InChI is InChI=1S/C18H21F2N3O2/c1-11-4-6-14(23(11)3)10-21-18(25)9-17(22-12(2)24)15-7-5-13(19)8-16(15)20/h4-8,17H,9-10H2,1-3H3,(H,21,25)(H,22,24). The quantitative estimate of drug-likeness (QED) is 0.842. The van der Waals surface area contributed by atoms with E-state index in [4.69, 9.17) is 0 Å². The molecule has 0 saturated carbocycles. The van der Waals surface area contributed by atoms with Crippen LogP contribution in [-0.4, -0.2) is 16.4 Å². The van der Waals surface area contributed by atoms with E-state index in [1.54, 1.807) is 0 Å². The Hall–Kier alpha value is -2.70. The Labute approximate surface area is 145 Å². The van der Waals surface area contributed by atoms with E-state index in [0.29, 0.717) is 6.54 Å². The fourth-order valence-corrected chi connectivity index (χ4v) is 2.56. The van der Waals surface area contributed by atoms with Gasteiger partial charge in [0, 0.05) is 37.0 Å². The molecular weight excluding hydrogens is 328 g/mol. The van der Waals surface area contributed by atoms with Crippen molar-refractivity contribution in [1.82, 2.24) is 15.2 Å². The first kappa shape index (κ1) is 18.6. The number of rotatable bonds is 6. The van der Waals surface area contributed by atoms with Crippen LogP contribution in [0.1, 0.15) is 36.3 Å². The second-order valence-electron chi connectivity index (χ2n) is 5.92. The summed E-state index contributed by atoms with van der Waals surface area (Å²) in [6, 6.07) is 6.04. The molecule has 25 heavy (non-hydrogen) atoms. The Morgan fingerprint density at radius 2 is 1.92 bits per heavy atom. The van der Waals surface area contributed by atoms with Crippen molar-refractivity contribution in [3.05, 3.63) is 58.9 Å². The van der Waals surface area contributed by atoms with Crippen LogP contribution in [0.3, 0.4) is 0 Å². The van der Waals surface area contributed by atoms with Crippen LogP contribution in [-0.2, 0) is 23.2 Å². The van der Waals surface area contributed by atoms with Crippen molar-refractivity contribution < 1.29 is 18.4 Å². The van der Waals surface area contributed by atoms with E-state index in [0.717, 1.165) is 23.5 Å². The number of hydrogen-bond acceptors (Lipinski definition) is 2. The zero-order valence-electron chi connectivity index (χ0n) is 14.4. The molecule has 0 aliphatic rings. The minimum absolute atomic E-state index is 0.0708. The SMILES string of the molecule is CC(=O)NC(CC(=O)NCc1ccc(C)n1C)c1ccc(F)cc1F. The third-order valence-corrected chi connectivity index (χ3v) is 4.05. The van der Waals surface area contributed by atoms with E-state index < -0.39 is 23.6 Å². The van der Waals surface area contributed by atoms with E-state index in [-0.39, 0.29) is 17.9 Å². The normalized spacial score (nSPS) is 11.9. The van der Waals surface area contributed by atoms with Gasteiger partial charge in [0.15, 0.2) is 0 Å². The van der Waals surface area contributed by atoms with Crippen molar-refractivity contribution in [2.75, 3.05) is 0 Å². The van der Waals surface area contributed by atoms with Crippen LogP contribution in [0.5, 0.6) is 0 Å². The summed E-state index contributed by atoms with van der Waals surface area (Å²) in [5.74, 6) is -2.27. The molecule has 0 bridgehead atoms. The summed E-state index contributed by atoms with van der Waals surface area (Å²) in [4.78, 5) is 23.6. The van der Waals surface area contributed by atoms with Crippen molar-refractivity contribution in [3.8, 4) is 0 Å². The van der Waals surface area contributed by atoms with Gasteiger partial charge in [-0.15, -0.1) is 0 Å². The minimum Gasteiger partial charge on any atom is -0.350 e. The summed E-state index contributed by atoms with van der Waals surface area (Å²) in [6.07, 6.45) is -0.147. The number of carbonyl (C=O) groups excluding carboxylic acids is 2. The molecular formula is C18H21F2N3O2. The topological polar surface area (TPSA) is 63.1 Å². The molecule has 1 heterocycles. The predicted octanol–water partition coefficient (Wildman–Crippen LogP) is 2.50. The Morgan fingerprint density at radius 3 is 2.48 bits per heavy atom. The molecule has 0 radical (unpaired) electrons. The molecule has 0 aliphatic carbocycles. The van der Waals surface area contributed by atoms with E-state index >= 15 is 0 Å². The molecule has 1 aromatic carbocycles. The van der Waals surface area contributed by atoms with Crippen molar-refractivity contribution in [2.45, 2.75) is 32.9 Å². The summed E-state index contributed by atoms with van der Waals surface area (Å²) in [6.45, 7) is 3.55. The van der Waals surface area contributed by atoms with Gasteiger partial charge in [0.2, 0.25) is 11.8 Å². The third kappa shape index (κ3) is 4.89. The highest BCUT2D eigenvalue weighted by Crippen LogP contribution is 2.21. The maximum atomic E-state index is 14.0. The number of amides is 2. The number of aromatic nitrogens is 1. The van der Waals surface area contributed by atoms with Crippen molar-refractivity contribution in [3.63, 3.8) is 0 Å². The number of nitrogens with zero attached hydrogens (tertiary/aromatic N) is 1. The summed E-state index contributed by atoms with van der Waals surface area (Å²) in [5, 5.41) is 5.28. The lowest BCUT2D eigenvalue weighted by atomic mass is 10.0. The molecule has 1 atom stereocenters. The first-order valence-corrected chi connectivity index (χ1v) is 7.88. The highest BCUT2D eigenvalue weighted by molar-refractivity contribution is 5.79. The smallest absolute Gasteiger partial charge is 0.222 e. The van der Waals surface area contributed by atoms with Gasteiger partial charge in [-0.1, -0.05) is 6.07 Å². The summed E-state index contributed by atoms with van der Waals surface area (Å²) in [7, 11) is 1.89. The first-order valence-electron chi connectivity index (χ1n) is 7.88. The molecule has 0 spiro atoms. The molecule has 5 nitrogen and oxygen atoms in total. The molecule has 1 aromatic heterocycles. The Bertz CT molecular complexity index is 787. The van der Waals surface area contributed by atoms with Gasteiger partial charge < -0.3 is 15.2 Å². The van der Waals surface area contributed by atoms with E-state index in [9.17, 15) is 18.4 Å². The Balaban J connectivity index is 2.07. The average Bonchev–Trinajstić information content (AvgIpc) is 2.83. The maximum absolute atomic E-state index is 14.0. The average molecular weight is 349 g/mol. The van der Waals surface area contributed by atoms with Crippen LogP contribution >= 0.6 is 0 Å². The van der Waals surface area contributed by atoms with Crippen molar-refractivity contribution >= 4 is 11.8 Å². The molecule has 2 rings (SSSR count). The number of benzene rings is 1. The van der Waals surface area contributed by atoms with E-state index in [1.165, 1.54) is 13.0 Å². The molecule has 2 N–H and O–H groups in total. The van der Waals surface area contributed by atoms with Gasteiger partial charge >= 0.3 is 0 Å². The molecule has 0 fully saturated rings. The number of aryl methyl sites for hydroxylation is 1. The van der Waals surface area contributed by atoms with E-state index in [2.05, 4.69) is 10.6 Å². The largest absolute Gasteiger partial charge is 0.350 e. The van der Waals surface area contributed by atoms with Crippen molar-refractivity contribution in [1.29, 1.82) is 0 Å². The lowest BCUT2D eigenvalue weighted by molar-refractivity contribution is -0.123. The maximum Gasteiger partial charge on any atom is 0.222 e. The van der Waals surface area contributed by atoms with Crippen LogP contribution < -0.4 is 10.6 Å². The predicted molar refractivity (Wildman–Crippen MR) is 89.5 cm³/mol. The zero-order valence-corrected chi connectivity index (χ0v) is 14.4. The zero-order chi connectivity index (χ0) is 18.6. The molecule has 1 unspecified atom stereocenters. The monoisotopic (exact) mass is 349 g/mol. The van der Waals surface area contributed by atoms with Crippen LogP contribution in [0.25, 0.3) is 0 Å². The fraction of sp³-hybridized carbons (Fsp3) is 0.333. The van der Waals surface area contributed by atoms with Gasteiger partial charge in [-0.25, -0.2) is 8.78 Å². The van der Waals surface area contributed by atoms with Crippen LogP contribution in [0.2, 0.25) is 0 Å². The molecule has 0 saturated heterocycles. The summed E-state index contributed by atoms with van der Waals surface area (Å²) in [5.41, 5.74) is 2.06. The number of nitrogens with one attached hydrogen (secondary N) is 2. The minimum atomic E-state index is -0.867. The highest BCUT2D eigenvalue weighted by atomic mass is 19.1. The third-order valence-electron chi connectivity index (χ3n) is 4.05. The number of halogens is 2. The second kappa shape index (κ2) is 7.92. The lowest BCUT2D eigenvalue weighted by Gasteiger charge is -2.19. The molecule has 2 aromatic rings. The Kier molecular flexibility index (Phi) is 5.90. The van der Waals surface area contributed by atoms with Crippen molar-refractivity contribution in [2.24, 2.45) is 7.05 Å². The fourth-order valence-electron chi connectivity index (χ4n) is 2.56. The first-order chi connectivity index (χ1) is 11.8. The van der Waals surface area contributed by atoms with E-state index in [1.807, 2.05) is 30.7 Å². The lowest BCUT2D eigenvalue weighted by Crippen LogP contribution is -2.33. The highest BCUT2D eigenvalue weighted by Gasteiger charge is 2.21. The second-order valence-corrected chi connectivity index (χ2v) is 5.92. The van der Waals surface area contributed by atoms with Gasteiger partial charge in [0.25, 0.3) is 0 Å². The summed E-state index contributed by atoms with van der Waals surface area (Å²) < 4.78 is 29.0. The van der Waals surface area contributed by atoms with Crippen LogP contribution in [0.4, 0.5) is 8.78 Å². The molecule has 7 heteroatoms. The Morgan fingerprint density at radius 1 is 1.20 bits per heavy atom. The van der Waals surface area contributed by atoms with Crippen LogP contribution in [0, 0.1) is 18.6 Å². The van der Waals surface area contributed by atoms with Gasteiger partial charge in [0.1, 0.15) is 11.6 Å². The number of hydrogen-bond donors (Lipinski definition) is 2. The van der Waals surface area contributed by atoms with Crippen LogP contribution in [0.15, 0.2) is 30.3 Å². The van der Waals surface area contributed by atoms with Gasteiger partial charge in [0.05, 0.1) is 19.0 Å². The van der Waals surface area contributed by atoms with Gasteiger partial charge in [-0.2, -0.15) is 0 Å². The summed E-state index contributed by atoms with van der Waals surface area (Å²) >= 11 is 0. The van der Waals surface area contributed by atoms with Gasteiger partial charge in [-0.05, 0) is 25.1 Å². The van der Waals surface area contributed by atoms with Gasteiger partial charge in [-0.3, -0.25) is 9.59 Å². The number of carbonyl (C=O) groups is 2. The molecule has 0 aliphatic heterocycles. The molecule has 2 amide bonds.